The molecular weight excluding hydrogens is 949 g/mol. The van der Waals surface area contributed by atoms with Crippen LogP contribution in [0.4, 0.5) is 0 Å². The van der Waals surface area contributed by atoms with Gasteiger partial charge in [0.15, 0.2) is 6.10 Å². The first-order chi connectivity index (χ1) is 38.0. The van der Waals surface area contributed by atoms with Crippen molar-refractivity contribution < 1.29 is 28.6 Å². The van der Waals surface area contributed by atoms with Gasteiger partial charge in [-0.05, 0) is 89.9 Å². The van der Waals surface area contributed by atoms with Crippen molar-refractivity contribution in [2.24, 2.45) is 0 Å². The van der Waals surface area contributed by atoms with Crippen molar-refractivity contribution in [1.82, 2.24) is 0 Å². The zero-order valence-corrected chi connectivity index (χ0v) is 51.2. The molecule has 0 aliphatic heterocycles. The Bertz CT molecular complexity index is 1420. The molecule has 0 radical (unpaired) electrons. The molecule has 1 atom stereocenters. The van der Waals surface area contributed by atoms with Gasteiger partial charge in [-0.25, -0.2) is 0 Å². The standard InChI is InChI=1S/C71H126O6/c1-4-7-10-13-16-19-22-25-27-29-31-33-35-37-39-41-43-46-49-52-55-58-61-64-70(73)76-67-68(66-75-69(72)63-60-57-54-51-48-45-24-21-18-15-12-9-6-3)77-71(74)65-62-59-56-53-50-47-44-42-40-38-36-34-32-30-28-26-23-20-17-14-11-8-5-2/h7,10,16,19,23,25-27,30-33,68H,4-6,8-9,11-15,17-18,20-22,24,28-29,34-67H2,1-3H3/b10-7-,19-16-,26-23-,27-25-,32-30-,33-31-. The lowest BCUT2D eigenvalue weighted by Gasteiger charge is -2.18. The monoisotopic (exact) mass is 1070 g/mol. The van der Waals surface area contributed by atoms with E-state index in [0.717, 1.165) is 89.9 Å². The number of hydrogen-bond donors (Lipinski definition) is 0. The van der Waals surface area contributed by atoms with E-state index in [2.05, 4.69) is 93.7 Å². The van der Waals surface area contributed by atoms with Crippen molar-refractivity contribution in [3.63, 3.8) is 0 Å². The lowest BCUT2D eigenvalue weighted by atomic mass is 10.0. The molecule has 0 aromatic carbocycles. The first-order valence-corrected chi connectivity index (χ1v) is 33.4. The number of rotatable bonds is 61. The van der Waals surface area contributed by atoms with Crippen LogP contribution in [0.15, 0.2) is 72.9 Å². The van der Waals surface area contributed by atoms with Crippen LogP contribution in [0.5, 0.6) is 0 Å². The maximum Gasteiger partial charge on any atom is 0.306 e. The van der Waals surface area contributed by atoms with Gasteiger partial charge in [0.1, 0.15) is 13.2 Å². The number of allylic oxidation sites excluding steroid dienone is 12. The van der Waals surface area contributed by atoms with Crippen LogP contribution in [0, 0.1) is 0 Å². The third-order valence-corrected chi connectivity index (χ3v) is 14.7. The summed E-state index contributed by atoms with van der Waals surface area (Å²) in [6, 6.07) is 0. The Labute approximate surface area is 478 Å². The van der Waals surface area contributed by atoms with E-state index in [9.17, 15) is 14.4 Å². The molecule has 0 aliphatic rings. The highest BCUT2D eigenvalue weighted by atomic mass is 16.6. The molecule has 1 unspecified atom stereocenters. The van der Waals surface area contributed by atoms with E-state index < -0.39 is 6.10 Å². The summed E-state index contributed by atoms with van der Waals surface area (Å²) in [5, 5.41) is 0. The maximum absolute atomic E-state index is 12.9. The van der Waals surface area contributed by atoms with Crippen LogP contribution >= 0.6 is 0 Å². The van der Waals surface area contributed by atoms with Gasteiger partial charge in [-0.2, -0.15) is 0 Å². The van der Waals surface area contributed by atoms with Crippen molar-refractivity contribution in [1.29, 1.82) is 0 Å². The van der Waals surface area contributed by atoms with Gasteiger partial charge in [0.2, 0.25) is 0 Å². The fraction of sp³-hybridized carbons (Fsp3) is 0.789. The molecule has 0 amide bonds. The van der Waals surface area contributed by atoms with Gasteiger partial charge in [0, 0.05) is 19.3 Å². The molecule has 0 aliphatic carbocycles. The van der Waals surface area contributed by atoms with Crippen LogP contribution in [-0.2, 0) is 28.6 Å². The summed E-state index contributed by atoms with van der Waals surface area (Å²) in [7, 11) is 0. The smallest absolute Gasteiger partial charge is 0.306 e. The number of ether oxygens (including phenoxy) is 3. The summed E-state index contributed by atoms with van der Waals surface area (Å²) in [6.07, 6.45) is 84.8. The Morgan fingerprint density at radius 1 is 0.273 bits per heavy atom. The summed E-state index contributed by atoms with van der Waals surface area (Å²) < 4.78 is 17.0. The van der Waals surface area contributed by atoms with E-state index in [1.165, 1.54) is 212 Å². The van der Waals surface area contributed by atoms with Gasteiger partial charge in [-0.15, -0.1) is 0 Å². The van der Waals surface area contributed by atoms with E-state index in [1.54, 1.807) is 0 Å². The van der Waals surface area contributed by atoms with E-state index >= 15 is 0 Å². The molecule has 0 aromatic rings. The number of hydrogen-bond acceptors (Lipinski definition) is 6. The molecule has 0 spiro atoms. The van der Waals surface area contributed by atoms with Gasteiger partial charge in [0.25, 0.3) is 0 Å². The second-order valence-corrected chi connectivity index (χ2v) is 22.4. The first-order valence-electron chi connectivity index (χ1n) is 33.4. The van der Waals surface area contributed by atoms with Crippen molar-refractivity contribution >= 4 is 17.9 Å². The summed E-state index contributed by atoms with van der Waals surface area (Å²) >= 11 is 0. The van der Waals surface area contributed by atoms with Crippen molar-refractivity contribution in [2.75, 3.05) is 13.2 Å². The Hall–Kier alpha value is -3.15. The van der Waals surface area contributed by atoms with Gasteiger partial charge < -0.3 is 14.2 Å². The third kappa shape index (κ3) is 63.6. The van der Waals surface area contributed by atoms with Crippen molar-refractivity contribution in [3.8, 4) is 0 Å². The number of unbranched alkanes of at least 4 members (excludes halogenated alkanes) is 38. The summed E-state index contributed by atoms with van der Waals surface area (Å²) in [5.41, 5.74) is 0. The molecule has 0 saturated heterocycles. The normalized spacial score (nSPS) is 12.5. The minimum atomic E-state index is -0.778. The molecule has 0 saturated carbocycles. The largest absolute Gasteiger partial charge is 0.462 e. The van der Waals surface area contributed by atoms with E-state index in [1.807, 2.05) is 0 Å². The van der Waals surface area contributed by atoms with Gasteiger partial charge in [-0.1, -0.05) is 306 Å². The van der Waals surface area contributed by atoms with E-state index in [0.29, 0.717) is 19.3 Å². The van der Waals surface area contributed by atoms with Crippen LogP contribution in [0.2, 0.25) is 0 Å². The molecule has 446 valence electrons. The van der Waals surface area contributed by atoms with Crippen molar-refractivity contribution in [2.45, 2.75) is 348 Å². The molecule has 0 aromatic heterocycles. The van der Waals surface area contributed by atoms with Gasteiger partial charge in [0.05, 0.1) is 0 Å². The van der Waals surface area contributed by atoms with Crippen LogP contribution in [-0.4, -0.2) is 37.2 Å². The molecule has 0 fully saturated rings. The summed E-state index contributed by atoms with van der Waals surface area (Å²) in [5.74, 6) is -0.861. The van der Waals surface area contributed by atoms with Gasteiger partial charge in [-0.3, -0.25) is 14.4 Å². The molecule has 0 N–H and O–H groups in total. The highest BCUT2D eigenvalue weighted by Crippen LogP contribution is 2.17. The first kappa shape index (κ1) is 73.8. The quantitative estimate of drug-likeness (QED) is 0.0261. The van der Waals surface area contributed by atoms with Crippen LogP contribution in [0.1, 0.15) is 342 Å². The SMILES string of the molecule is CC/C=C\C/C=C\C/C=C\C/C=C\CCCCCCCCCCCCC(=O)OCC(COC(=O)CCCCCCCCCCCCCCC)OC(=O)CCCCCCCCCCCCC/C=C\C/C=C\CCCCCCC. The predicted octanol–water partition coefficient (Wildman–Crippen LogP) is 22.9. The van der Waals surface area contributed by atoms with E-state index in [-0.39, 0.29) is 31.1 Å². The Morgan fingerprint density at radius 3 is 0.792 bits per heavy atom. The lowest BCUT2D eigenvalue weighted by Crippen LogP contribution is -2.30. The molecular formula is C71H126O6. The van der Waals surface area contributed by atoms with Crippen LogP contribution < -0.4 is 0 Å². The second-order valence-electron chi connectivity index (χ2n) is 22.4. The third-order valence-electron chi connectivity index (χ3n) is 14.7. The van der Waals surface area contributed by atoms with Gasteiger partial charge >= 0.3 is 17.9 Å². The molecule has 0 heterocycles. The fourth-order valence-electron chi connectivity index (χ4n) is 9.70. The number of carbonyl (C=O) groups excluding carboxylic acids is 3. The minimum Gasteiger partial charge on any atom is -0.462 e. The average Bonchev–Trinajstić information content (AvgIpc) is 3.43. The Kier molecular flexibility index (Phi) is 62.7. The number of esters is 3. The molecule has 0 bridgehead atoms. The van der Waals surface area contributed by atoms with Crippen LogP contribution in [0.3, 0.4) is 0 Å². The molecule has 77 heavy (non-hydrogen) atoms. The zero-order chi connectivity index (χ0) is 55.7. The Morgan fingerprint density at radius 2 is 0.506 bits per heavy atom. The minimum absolute atomic E-state index is 0.0736. The summed E-state index contributed by atoms with van der Waals surface area (Å²) in [6.45, 7) is 6.56. The topological polar surface area (TPSA) is 78.9 Å². The maximum atomic E-state index is 12.9. The second kappa shape index (κ2) is 65.4. The summed E-state index contributed by atoms with van der Waals surface area (Å²) in [4.78, 5) is 38.4. The van der Waals surface area contributed by atoms with E-state index in [4.69, 9.17) is 14.2 Å². The highest BCUT2D eigenvalue weighted by molar-refractivity contribution is 5.71. The predicted molar refractivity (Wildman–Crippen MR) is 335 cm³/mol. The fourth-order valence-corrected chi connectivity index (χ4v) is 9.70. The van der Waals surface area contributed by atoms with Crippen LogP contribution in [0.25, 0.3) is 0 Å². The lowest BCUT2D eigenvalue weighted by molar-refractivity contribution is -0.167. The Balaban J connectivity index is 4.30. The highest BCUT2D eigenvalue weighted by Gasteiger charge is 2.19. The zero-order valence-electron chi connectivity index (χ0n) is 51.2. The average molecular weight is 1080 g/mol. The molecule has 0 rings (SSSR count). The molecule has 6 nitrogen and oxygen atoms in total. The number of carbonyl (C=O) groups is 3. The molecule has 6 heteroatoms. The van der Waals surface area contributed by atoms with Crippen molar-refractivity contribution in [3.05, 3.63) is 72.9 Å².